The van der Waals surface area contributed by atoms with Crippen LogP contribution in [0.3, 0.4) is 0 Å². The summed E-state index contributed by atoms with van der Waals surface area (Å²) in [5, 5.41) is 5.33. The number of carbonyl (C=O) groups is 1. The number of benzene rings is 2. The molecule has 7 nitrogen and oxygen atoms in total. The lowest BCUT2D eigenvalue weighted by Crippen LogP contribution is -2.07. The van der Waals surface area contributed by atoms with Crippen LogP contribution in [0, 0.1) is 0 Å². The van der Waals surface area contributed by atoms with Crippen LogP contribution < -0.4 is 9.47 Å². The Morgan fingerprint density at radius 2 is 1.87 bits per heavy atom. The number of fused-ring (bicyclic) bond motifs is 2. The molecular formula is C29H24Cl2N2O5. The van der Waals surface area contributed by atoms with E-state index < -0.39 is 5.97 Å². The average molecular weight is 551 g/mol. The van der Waals surface area contributed by atoms with E-state index in [2.05, 4.69) is 5.16 Å². The van der Waals surface area contributed by atoms with Crippen LogP contribution in [-0.2, 0) is 24.2 Å². The molecule has 1 aliphatic heterocycles. The van der Waals surface area contributed by atoms with Crippen molar-refractivity contribution in [2.75, 3.05) is 7.11 Å². The van der Waals surface area contributed by atoms with E-state index in [4.69, 9.17) is 46.9 Å². The van der Waals surface area contributed by atoms with E-state index in [1.807, 2.05) is 12.1 Å². The van der Waals surface area contributed by atoms with Crippen LogP contribution in [0.1, 0.15) is 58.1 Å². The van der Waals surface area contributed by atoms with Gasteiger partial charge in [-0.05, 0) is 68.0 Å². The number of nitrogens with zero attached hydrogens (tertiary/aromatic N) is 2. The summed E-state index contributed by atoms with van der Waals surface area (Å²) in [4.78, 5) is 16.7. The smallest absolute Gasteiger partial charge is 0.337 e. The molecular weight excluding hydrogens is 527 g/mol. The third kappa shape index (κ3) is 4.84. The number of ether oxygens (including phenoxy) is 3. The minimum Gasteiger partial charge on any atom is -0.473 e. The van der Waals surface area contributed by atoms with Crippen molar-refractivity contribution in [3.05, 3.63) is 86.7 Å². The quantitative estimate of drug-likeness (QED) is 0.229. The minimum atomic E-state index is -0.405. The third-order valence-corrected chi connectivity index (χ3v) is 7.44. The van der Waals surface area contributed by atoms with Crippen molar-refractivity contribution in [2.45, 2.75) is 44.6 Å². The molecule has 4 aromatic rings. The van der Waals surface area contributed by atoms with Crippen LogP contribution >= 0.6 is 23.2 Å². The van der Waals surface area contributed by atoms with Gasteiger partial charge in [0.25, 0.3) is 0 Å². The van der Waals surface area contributed by atoms with Crippen LogP contribution in [0.25, 0.3) is 11.3 Å². The van der Waals surface area contributed by atoms with Crippen molar-refractivity contribution in [3.8, 4) is 28.6 Å². The highest BCUT2D eigenvalue weighted by molar-refractivity contribution is 6.39. The maximum Gasteiger partial charge on any atom is 0.337 e. The van der Waals surface area contributed by atoms with Crippen LogP contribution in [0.5, 0.6) is 17.4 Å². The summed E-state index contributed by atoms with van der Waals surface area (Å²) in [7, 11) is 1.36. The van der Waals surface area contributed by atoms with E-state index in [0.717, 1.165) is 54.7 Å². The van der Waals surface area contributed by atoms with E-state index in [-0.39, 0.29) is 6.61 Å². The Hall–Kier alpha value is -3.55. The van der Waals surface area contributed by atoms with Crippen LogP contribution in [0.15, 0.2) is 53.1 Å². The Balaban J connectivity index is 1.27. The fourth-order valence-corrected chi connectivity index (χ4v) is 5.26. The van der Waals surface area contributed by atoms with E-state index in [0.29, 0.717) is 50.2 Å². The van der Waals surface area contributed by atoms with Gasteiger partial charge in [0.05, 0.1) is 34.0 Å². The predicted octanol–water partition coefficient (Wildman–Crippen LogP) is 7.57. The highest BCUT2D eigenvalue weighted by atomic mass is 35.5. The van der Waals surface area contributed by atoms with Gasteiger partial charge in [-0.15, -0.1) is 0 Å². The van der Waals surface area contributed by atoms with Gasteiger partial charge in [-0.2, -0.15) is 0 Å². The number of halogens is 2. The van der Waals surface area contributed by atoms with Gasteiger partial charge in [-0.1, -0.05) is 40.5 Å². The second kappa shape index (κ2) is 10.3. The Morgan fingerprint density at radius 3 is 2.63 bits per heavy atom. The summed E-state index contributed by atoms with van der Waals surface area (Å²) in [6.07, 6.45) is 4.50. The summed E-state index contributed by atoms with van der Waals surface area (Å²) in [5.41, 5.74) is 4.32. The van der Waals surface area contributed by atoms with Gasteiger partial charge in [0.2, 0.25) is 5.88 Å². The Bertz CT molecular complexity index is 1510. The molecule has 2 aromatic carbocycles. The molecule has 0 atom stereocenters. The molecule has 0 saturated heterocycles. The summed E-state index contributed by atoms with van der Waals surface area (Å²) < 4.78 is 23.0. The Morgan fingerprint density at radius 1 is 1.05 bits per heavy atom. The van der Waals surface area contributed by atoms with Crippen molar-refractivity contribution in [2.24, 2.45) is 0 Å². The fourth-order valence-electron chi connectivity index (χ4n) is 4.68. The molecule has 1 saturated carbocycles. The number of hydrogen-bond acceptors (Lipinski definition) is 7. The first-order chi connectivity index (χ1) is 18.5. The molecule has 0 unspecified atom stereocenters. The third-order valence-electron chi connectivity index (χ3n) is 6.81. The second-order valence-corrected chi connectivity index (χ2v) is 10.2. The molecule has 6 rings (SSSR count). The molecule has 0 bridgehead atoms. The maximum absolute atomic E-state index is 12.0. The summed E-state index contributed by atoms with van der Waals surface area (Å²) in [5.74, 6) is 2.45. The van der Waals surface area contributed by atoms with Crippen LogP contribution in [-0.4, -0.2) is 23.2 Å². The minimum absolute atomic E-state index is 0.212. The Labute approximate surface area is 229 Å². The lowest BCUT2D eigenvalue weighted by atomic mass is 10.0. The van der Waals surface area contributed by atoms with Gasteiger partial charge in [0.1, 0.15) is 29.6 Å². The zero-order chi connectivity index (χ0) is 26.2. The van der Waals surface area contributed by atoms with Crippen molar-refractivity contribution < 1.29 is 23.5 Å². The van der Waals surface area contributed by atoms with Crippen molar-refractivity contribution >= 4 is 29.2 Å². The molecule has 2 aliphatic rings. The maximum atomic E-state index is 12.0. The molecule has 2 aromatic heterocycles. The van der Waals surface area contributed by atoms with Crippen LogP contribution in [0.2, 0.25) is 10.0 Å². The molecule has 0 radical (unpaired) electrons. The monoisotopic (exact) mass is 550 g/mol. The van der Waals surface area contributed by atoms with Gasteiger partial charge < -0.3 is 18.7 Å². The first-order valence-corrected chi connectivity index (χ1v) is 13.2. The molecule has 38 heavy (non-hydrogen) atoms. The van der Waals surface area contributed by atoms with Crippen LogP contribution in [0.4, 0.5) is 0 Å². The number of methoxy groups -OCH3 is 1. The van der Waals surface area contributed by atoms with Gasteiger partial charge in [0, 0.05) is 17.5 Å². The number of hydrogen-bond donors (Lipinski definition) is 0. The zero-order valence-electron chi connectivity index (χ0n) is 20.6. The van der Waals surface area contributed by atoms with E-state index in [9.17, 15) is 4.79 Å². The second-order valence-electron chi connectivity index (χ2n) is 9.40. The van der Waals surface area contributed by atoms with Gasteiger partial charge >= 0.3 is 5.97 Å². The fraction of sp³-hybridized carbons (Fsp3) is 0.276. The van der Waals surface area contributed by atoms with Gasteiger partial charge in [-0.3, -0.25) is 0 Å². The molecule has 1 fully saturated rings. The van der Waals surface area contributed by atoms with E-state index >= 15 is 0 Å². The predicted molar refractivity (Wildman–Crippen MR) is 142 cm³/mol. The molecule has 0 amide bonds. The molecule has 194 valence electrons. The normalized spacial score (nSPS) is 14.5. The molecule has 9 heteroatoms. The number of aryl methyl sites for hydroxylation is 2. The molecule has 3 heterocycles. The van der Waals surface area contributed by atoms with Crippen molar-refractivity contribution in [1.82, 2.24) is 10.1 Å². The summed E-state index contributed by atoms with van der Waals surface area (Å²) >= 11 is 13.0. The summed E-state index contributed by atoms with van der Waals surface area (Å²) in [6.45, 7) is 0.212. The zero-order valence-corrected chi connectivity index (χ0v) is 22.1. The largest absolute Gasteiger partial charge is 0.473 e. The van der Waals surface area contributed by atoms with E-state index in [1.54, 1.807) is 36.4 Å². The number of rotatable bonds is 6. The van der Waals surface area contributed by atoms with Crippen molar-refractivity contribution in [3.63, 3.8) is 0 Å². The van der Waals surface area contributed by atoms with E-state index in [1.165, 1.54) is 7.11 Å². The number of pyridine rings is 1. The number of carbonyl (C=O) groups excluding carboxylic acids is 1. The summed E-state index contributed by atoms with van der Waals surface area (Å²) in [6, 6.07) is 14.4. The Kier molecular flexibility index (Phi) is 6.72. The highest BCUT2D eigenvalue weighted by Crippen LogP contribution is 2.46. The topological polar surface area (TPSA) is 83.7 Å². The lowest BCUT2D eigenvalue weighted by molar-refractivity contribution is 0.0600. The lowest BCUT2D eigenvalue weighted by Gasteiger charge is -2.18. The standard InChI is InChI=1S/C29H24Cl2N2O5/c1-35-29(34)18-11-8-16-4-2-7-22-23(37-24(16)14-18)12-13-25(32-22)36-15-19-27(33-38-28(19)17-9-10-17)26-20(30)5-3-6-21(26)31/h3,5-6,8,11-14,17H,2,4,7,9-10,15H2,1H3. The van der Waals surface area contributed by atoms with Gasteiger partial charge in [-0.25, -0.2) is 9.78 Å². The van der Waals surface area contributed by atoms with Crippen molar-refractivity contribution in [1.29, 1.82) is 0 Å². The average Bonchev–Trinajstić information content (AvgIpc) is 3.67. The number of esters is 1. The highest BCUT2D eigenvalue weighted by Gasteiger charge is 2.34. The number of aromatic nitrogens is 2. The van der Waals surface area contributed by atoms with Gasteiger partial charge in [0.15, 0.2) is 0 Å². The first-order valence-electron chi connectivity index (χ1n) is 12.5. The molecule has 1 aliphatic carbocycles. The SMILES string of the molecule is COC(=O)c1ccc2c(c1)Oc1ccc(OCc3c(-c4c(Cl)cccc4Cl)noc3C3CC3)nc1CCC2. The molecule has 0 N–H and O–H groups in total. The molecule has 0 spiro atoms. The first kappa shape index (κ1) is 24.8.